The van der Waals surface area contributed by atoms with Crippen LogP contribution in [-0.2, 0) is 0 Å². The molecule has 0 bridgehead atoms. The van der Waals surface area contributed by atoms with E-state index in [-0.39, 0.29) is 35.4 Å². The van der Waals surface area contributed by atoms with Crippen molar-refractivity contribution in [3.8, 4) is 0 Å². The fourth-order valence-corrected chi connectivity index (χ4v) is 3.19. The Hall–Kier alpha value is -3.02. The molecule has 1 aliphatic rings. The highest BCUT2D eigenvalue weighted by Gasteiger charge is 2.31. The summed E-state index contributed by atoms with van der Waals surface area (Å²) in [5.41, 5.74) is 0.812. The Morgan fingerprint density at radius 3 is 2.52 bits per heavy atom. The molecule has 0 spiro atoms. The molecule has 1 heterocycles. The lowest BCUT2D eigenvalue weighted by molar-refractivity contribution is -0.384. The summed E-state index contributed by atoms with van der Waals surface area (Å²) in [6.07, 6.45) is 1.86. The Labute approximate surface area is 145 Å². The van der Waals surface area contributed by atoms with E-state index in [1.807, 2.05) is 18.2 Å². The number of Topliss-reactive ketones (excluding diaryl/α,β-unsaturated/α-hetero) is 1. The maximum atomic E-state index is 12.7. The van der Waals surface area contributed by atoms with E-state index >= 15 is 0 Å². The summed E-state index contributed by atoms with van der Waals surface area (Å²) < 4.78 is 0. The molecule has 0 saturated carbocycles. The monoisotopic (exact) mass is 338 g/mol. The molecule has 1 unspecified atom stereocenters. The van der Waals surface area contributed by atoms with E-state index in [2.05, 4.69) is 0 Å². The van der Waals surface area contributed by atoms with E-state index in [1.54, 1.807) is 23.1 Å². The molecule has 1 saturated heterocycles. The van der Waals surface area contributed by atoms with Crippen molar-refractivity contribution in [3.63, 3.8) is 0 Å². The second-order valence-electron chi connectivity index (χ2n) is 6.10. The van der Waals surface area contributed by atoms with Crippen LogP contribution in [0.1, 0.15) is 40.0 Å². The molecule has 6 heteroatoms. The Bertz CT molecular complexity index is 804. The number of carbonyl (C=O) groups is 2. The van der Waals surface area contributed by atoms with Crippen LogP contribution in [0.4, 0.5) is 5.69 Å². The van der Waals surface area contributed by atoms with Gasteiger partial charge < -0.3 is 4.90 Å². The molecule has 2 aromatic rings. The zero-order valence-electron chi connectivity index (χ0n) is 13.6. The second-order valence-corrected chi connectivity index (χ2v) is 6.10. The van der Waals surface area contributed by atoms with E-state index in [4.69, 9.17) is 0 Å². The predicted octanol–water partition coefficient (Wildman–Crippen LogP) is 3.47. The number of hydrogen-bond acceptors (Lipinski definition) is 4. The number of nitro groups is 1. The number of non-ortho nitro benzene ring substituents is 1. The normalized spacial score (nSPS) is 16.6. The van der Waals surface area contributed by atoms with Crippen molar-refractivity contribution >= 4 is 17.4 Å². The molecule has 3 rings (SSSR count). The zero-order chi connectivity index (χ0) is 17.8. The summed E-state index contributed by atoms with van der Waals surface area (Å²) in [5.74, 6) is -0.253. The minimum Gasteiger partial charge on any atom is -0.335 e. The molecule has 1 atom stereocenters. The summed E-state index contributed by atoms with van der Waals surface area (Å²) in [6, 6.07) is 14.6. The highest BCUT2D eigenvalue weighted by Crippen LogP contribution is 2.25. The maximum absolute atomic E-state index is 12.7. The number of carbonyl (C=O) groups excluding carboxylic acids is 2. The Kier molecular flexibility index (Phi) is 4.88. The van der Waals surface area contributed by atoms with Crippen LogP contribution in [-0.4, -0.2) is 34.1 Å². The zero-order valence-corrected chi connectivity index (χ0v) is 13.6. The Balaban J connectivity index is 1.75. The molecular weight excluding hydrogens is 320 g/mol. The maximum Gasteiger partial charge on any atom is 0.270 e. The number of benzene rings is 2. The molecule has 1 aliphatic heterocycles. The largest absolute Gasteiger partial charge is 0.335 e. The van der Waals surface area contributed by atoms with Crippen molar-refractivity contribution in [3.05, 3.63) is 75.8 Å². The van der Waals surface area contributed by atoms with Crippen LogP contribution in [0.25, 0.3) is 0 Å². The molecule has 2 aromatic carbocycles. The number of nitrogens with zero attached hydrogens (tertiary/aromatic N) is 2. The van der Waals surface area contributed by atoms with E-state index < -0.39 is 4.92 Å². The fraction of sp³-hybridized carbons (Fsp3) is 0.263. The van der Waals surface area contributed by atoms with Crippen molar-refractivity contribution in [2.45, 2.75) is 25.3 Å². The smallest absolute Gasteiger partial charge is 0.270 e. The molecular formula is C19H18N2O4. The minimum atomic E-state index is -0.517. The van der Waals surface area contributed by atoms with Gasteiger partial charge in [0.2, 0.25) is 0 Å². The van der Waals surface area contributed by atoms with Gasteiger partial charge in [-0.3, -0.25) is 19.7 Å². The first-order valence-electron chi connectivity index (χ1n) is 8.20. The van der Waals surface area contributed by atoms with E-state index in [1.165, 1.54) is 18.2 Å². The lowest BCUT2D eigenvalue weighted by Gasteiger charge is -2.24. The van der Waals surface area contributed by atoms with Crippen molar-refractivity contribution in [1.29, 1.82) is 0 Å². The van der Waals surface area contributed by atoms with Gasteiger partial charge in [0.05, 0.1) is 4.92 Å². The average molecular weight is 338 g/mol. The molecule has 128 valence electrons. The standard InChI is InChI=1S/C19H18N2O4/c22-18(14-6-2-1-3-7-14)13-16-10-5-11-20(16)19(23)15-8-4-9-17(12-15)21(24)25/h1-4,6-9,12,16H,5,10-11,13H2. The molecule has 0 N–H and O–H groups in total. The van der Waals surface area contributed by atoms with Gasteiger partial charge in [-0.2, -0.15) is 0 Å². The molecule has 0 aliphatic carbocycles. The Morgan fingerprint density at radius 1 is 1.08 bits per heavy atom. The first kappa shape index (κ1) is 16.8. The third kappa shape index (κ3) is 3.74. The van der Waals surface area contributed by atoms with Crippen LogP contribution in [0.15, 0.2) is 54.6 Å². The summed E-state index contributed by atoms with van der Waals surface area (Å²) in [7, 11) is 0. The molecule has 1 amide bonds. The van der Waals surface area contributed by atoms with Gasteiger partial charge in [-0.1, -0.05) is 36.4 Å². The van der Waals surface area contributed by atoms with Gasteiger partial charge >= 0.3 is 0 Å². The summed E-state index contributed by atoms with van der Waals surface area (Å²) in [5, 5.41) is 10.9. The van der Waals surface area contributed by atoms with Crippen molar-refractivity contribution in [1.82, 2.24) is 4.90 Å². The number of ketones is 1. The van der Waals surface area contributed by atoms with Crippen LogP contribution in [0.3, 0.4) is 0 Å². The molecule has 0 radical (unpaired) electrons. The SMILES string of the molecule is O=C(CC1CCCN1C(=O)c1cccc([N+](=O)[O-])c1)c1ccccc1. The molecule has 0 aromatic heterocycles. The highest BCUT2D eigenvalue weighted by molar-refractivity contribution is 5.98. The average Bonchev–Trinajstić information content (AvgIpc) is 3.10. The van der Waals surface area contributed by atoms with E-state index in [0.717, 1.165) is 12.8 Å². The first-order valence-corrected chi connectivity index (χ1v) is 8.20. The van der Waals surface area contributed by atoms with Crippen LogP contribution in [0.5, 0.6) is 0 Å². The van der Waals surface area contributed by atoms with E-state index in [9.17, 15) is 19.7 Å². The van der Waals surface area contributed by atoms with Crippen LogP contribution < -0.4 is 0 Å². The number of hydrogen-bond donors (Lipinski definition) is 0. The number of nitro benzene ring substituents is 1. The highest BCUT2D eigenvalue weighted by atomic mass is 16.6. The van der Waals surface area contributed by atoms with Crippen LogP contribution in [0.2, 0.25) is 0 Å². The first-order chi connectivity index (χ1) is 12.1. The van der Waals surface area contributed by atoms with Crippen molar-refractivity contribution < 1.29 is 14.5 Å². The predicted molar refractivity (Wildman–Crippen MR) is 92.5 cm³/mol. The third-order valence-corrected chi connectivity index (χ3v) is 4.46. The summed E-state index contributed by atoms with van der Waals surface area (Å²) >= 11 is 0. The van der Waals surface area contributed by atoms with Crippen LogP contribution >= 0.6 is 0 Å². The number of amides is 1. The van der Waals surface area contributed by atoms with Gasteiger partial charge in [0.25, 0.3) is 11.6 Å². The van der Waals surface area contributed by atoms with Gasteiger partial charge in [-0.05, 0) is 18.9 Å². The fourth-order valence-electron chi connectivity index (χ4n) is 3.19. The van der Waals surface area contributed by atoms with Gasteiger partial charge in [0, 0.05) is 42.3 Å². The minimum absolute atomic E-state index is 0.00402. The summed E-state index contributed by atoms with van der Waals surface area (Å²) in [6.45, 7) is 0.564. The van der Waals surface area contributed by atoms with E-state index in [0.29, 0.717) is 12.1 Å². The summed E-state index contributed by atoms with van der Waals surface area (Å²) in [4.78, 5) is 37.2. The topological polar surface area (TPSA) is 80.5 Å². The quantitative estimate of drug-likeness (QED) is 0.475. The third-order valence-electron chi connectivity index (χ3n) is 4.46. The van der Waals surface area contributed by atoms with Gasteiger partial charge in [-0.25, -0.2) is 0 Å². The number of rotatable bonds is 5. The van der Waals surface area contributed by atoms with Crippen molar-refractivity contribution in [2.75, 3.05) is 6.54 Å². The molecule has 1 fully saturated rings. The lowest BCUT2D eigenvalue weighted by Crippen LogP contribution is -2.36. The lowest BCUT2D eigenvalue weighted by atomic mass is 10.0. The van der Waals surface area contributed by atoms with Gasteiger partial charge in [0.1, 0.15) is 0 Å². The van der Waals surface area contributed by atoms with Gasteiger partial charge in [-0.15, -0.1) is 0 Å². The number of likely N-dealkylation sites (tertiary alicyclic amines) is 1. The van der Waals surface area contributed by atoms with Gasteiger partial charge in [0.15, 0.2) is 5.78 Å². The molecule has 6 nitrogen and oxygen atoms in total. The van der Waals surface area contributed by atoms with Crippen LogP contribution in [0, 0.1) is 10.1 Å². The van der Waals surface area contributed by atoms with Crippen molar-refractivity contribution in [2.24, 2.45) is 0 Å². The Morgan fingerprint density at radius 2 is 1.80 bits per heavy atom. The molecule has 25 heavy (non-hydrogen) atoms. The second kappa shape index (κ2) is 7.25.